The Morgan fingerprint density at radius 1 is 0.696 bits per heavy atom. The lowest BCUT2D eigenvalue weighted by molar-refractivity contribution is 0.0686. The van der Waals surface area contributed by atoms with E-state index in [9.17, 15) is 9.59 Å². The maximum absolute atomic E-state index is 10.2. The first-order valence-electron chi connectivity index (χ1n) is 7.59. The molecule has 0 atom stereocenters. The van der Waals surface area contributed by atoms with Crippen LogP contribution in [0.2, 0.25) is 0 Å². The van der Waals surface area contributed by atoms with Crippen LogP contribution in [-0.2, 0) is 0 Å². The minimum absolute atomic E-state index is 0.331. The molecule has 2 N–H and O–H groups in total. The zero-order valence-electron chi connectivity index (χ0n) is 13.6. The number of benzene rings is 2. The molecule has 2 rings (SSSR count). The van der Waals surface area contributed by atoms with E-state index < -0.39 is 11.9 Å². The molecule has 0 saturated heterocycles. The first-order valence-corrected chi connectivity index (χ1v) is 7.59. The Kier molecular flexibility index (Phi) is 11.6. The summed E-state index contributed by atoms with van der Waals surface area (Å²) >= 11 is 0. The van der Waals surface area contributed by atoms with Gasteiger partial charge in [-0.3, -0.25) is 0 Å². The molecule has 0 aliphatic rings. The van der Waals surface area contributed by atoms with E-state index in [-0.39, 0.29) is 0 Å². The summed E-state index contributed by atoms with van der Waals surface area (Å²) in [6.07, 6.45) is 4.08. The third-order valence-electron chi connectivity index (χ3n) is 2.75. The van der Waals surface area contributed by atoms with Crippen molar-refractivity contribution in [3.63, 3.8) is 0 Å². The lowest BCUT2D eigenvalue weighted by Crippen LogP contribution is -1.93. The molecule has 23 heavy (non-hydrogen) atoms. The third-order valence-corrected chi connectivity index (χ3v) is 2.75. The SMILES string of the molecule is CCCCC.O=C(O)c1ccccc1.O=C(O)c1ccccc1. The second kappa shape index (κ2) is 13.1. The predicted molar refractivity (Wildman–Crippen MR) is 92.0 cm³/mol. The molecule has 4 heteroatoms. The van der Waals surface area contributed by atoms with Crippen molar-refractivity contribution >= 4 is 11.9 Å². The molecule has 0 spiro atoms. The topological polar surface area (TPSA) is 74.6 Å². The molecule has 4 nitrogen and oxygen atoms in total. The highest BCUT2D eigenvalue weighted by Gasteiger charge is 1.97. The van der Waals surface area contributed by atoms with Crippen LogP contribution in [0.3, 0.4) is 0 Å². The van der Waals surface area contributed by atoms with Crippen molar-refractivity contribution in [2.24, 2.45) is 0 Å². The smallest absolute Gasteiger partial charge is 0.335 e. The Hall–Kier alpha value is -2.62. The molecule has 2 aromatic carbocycles. The van der Waals surface area contributed by atoms with Gasteiger partial charge in [0.25, 0.3) is 0 Å². The summed E-state index contributed by atoms with van der Waals surface area (Å²) in [6.45, 7) is 4.42. The van der Waals surface area contributed by atoms with Gasteiger partial charge in [0.15, 0.2) is 0 Å². The van der Waals surface area contributed by atoms with Crippen molar-refractivity contribution in [2.45, 2.75) is 33.1 Å². The van der Waals surface area contributed by atoms with Crippen molar-refractivity contribution < 1.29 is 19.8 Å². The van der Waals surface area contributed by atoms with Crippen LogP contribution in [0.1, 0.15) is 53.8 Å². The number of rotatable bonds is 4. The minimum Gasteiger partial charge on any atom is -0.478 e. The number of aromatic carboxylic acids is 2. The fourth-order valence-corrected chi connectivity index (χ4v) is 1.52. The van der Waals surface area contributed by atoms with Gasteiger partial charge in [-0.1, -0.05) is 69.5 Å². The highest BCUT2D eigenvalue weighted by molar-refractivity contribution is 5.87. The van der Waals surface area contributed by atoms with E-state index in [1.54, 1.807) is 60.7 Å². The van der Waals surface area contributed by atoms with Gasteiger partial charge in [-0.15, -0.1) is 0 Å². The van der Waals surface area contributed by atoms with E-state index in [0.717, 1.165) is 0 Å². The Morgan fingerprint density at radius 3 is 1.13 bits per heavy atom. The van der Waals surface area contributed by atoms with Crippen LogP contribution in [0, 0.1) is 0 Å². The van der Waals surface area contributed by atoms with Gasteiger partial charge in [0.1, 0.15) is 0 Å². The molecule has 0 aromatic heterocycles. The highest BCUT2D eigenvalue weighted by Crippen LogP contribution is 1.96. The van der Waals surface area contributed by atoms with Gasteiger partial charge < -0.3 is 10.2 Å². The molecule has 0 bridgehead atoms. The van der Waals surface area contributed by atoms with Crippen LogP contribution in [0.15, 0.2) is 60.7 Å². The monoisotopic (exact) mass is 316 g/mol. The third kappa shape index (κ3) is 10.7. The van der Waals surface area contributed by atoms with Crippen LogP contribution >= 0.6 is 0 Å². The van der Waals surface area contributed by atoms with Gasteiger partial charge in [-0.2, -0.15) is 0 Å². The molecule has 2 aromatic rings. The summed E-state index contributed by atoms with van der Waals surface area (Å²) in [4.78, 5) is 20.4. The summed E-state index contributed by atoms with van der Waals surface area (Å²) in [7, 11) is 0. The second-order valence-corrected chi connectivity index (χ2v) is 4.70. The average molecular weight is 316 g/mol. The Balaban J connectivity index is 0.000000332. The van der Waals surface area contributed by atoms with Gasteiger partial charge in [-0.25, -0.2) is 9.59 Å². The fraction of sp³-hybridized carbons (Fsp3) is 0.263. The first kappa shape index (κ1) is 20.4. The van der Waals surface area contributed by atoms with Crippen LogP contribution in [-0.4, -0.2) is 22.2 Å². The van der Waals surface area contributed by atoms with E-state index in [0.29, 0.717) is 11.1 Å². The van der Waals surface area contributed by atoms with Crippen LogP contribution in [0.25, 0.3) is 0 Å². The standard InChI is InChI=1S/2C7H6O2.C5H12/c2*8-7(9)6-4-2-1-3-5-6;1-3-5-4-2/h2*1-5H,(H,8,9);3-5H2,1-2H3. The number of hydrogen-bond donors (Lipinski definition) is 2. The van der Waals surface area contributed by atoms with E-state index >= 15 is 0 Å². The van der Waals surface area contributed by atoms with Crippen LogP contribution in [0.4, 0.5) is 0 Å². The van der Waals surface area contributed by atoms with E-state index in [1.165, 1.54) is 19.3 Å². The Morgan fingerprint density at radius 2 is 1.00 bits per heavy atom. The molecule has 0 fully saturated rings. The maximum Gasteiger partial charge on any atom is 0.335 e. The van der Waals surface area contributed by atoms with Crippen molar-refractivity contribution in [1.82, 2.24) is 0 Å². The number of carboxylic acid groups (broad SMARTS) is 2. The lowest BCUT2D eigenvalue weighted by Gasteiger charge is -1.88. The number of carbonyl (C=O) groups is 2. The van der Waals surface area contributed by atoms with Crippen LogP contribution < -0.4 is 0 Å². The van der Waals surface area contributed by atoms with E-state index in [1.807, 2.05) is 0 Å². The van der Waals surface area contributed by atoms with Crippen molar-refractivity contribution in [2.75, 3.05) is 0 Å². The zero-order valence-corrected chi connectivity index (χ0v) is 13.6. The van der Waals surface area contributed by atoms with Crippen LogP contribution in [0.5, 0.6) is 0 Å². The Labute approximate surface area is 137 Å². The van der Waals surface area contributed by atoms with Crippen molar-refractivity contribution in [1.29, 1.82) is 0 Å². The predicted octanol–water partition coefficient (Wildman–Crippen LogP) is 4.97. The molecule has 0 saturated carbocycles. The van der Waals surface area contributed by atoms with E-state index in [4.69, 9.17) is 10.2 Å². The largest absolute Gasteiger partial charge is 0.478 e. The van der Waals surface area contributed by atoms with Gasteiger partial charge in [-0.05, 0) is 24.3 Å². The summed E-state index contributed by atoms with van der Waals surface area (Å²) in [5.41, 5.74) is 0.662. The molecule has 124 valence electrons. The molecular weight excluding hydrogens is 292 g/mol. The second-order valence-electron chi connectivity index (χ2n) is 4.70. The Bertz CT molecular complexity index is 499. The maximum atomic E-state index is 10.2. The minimum atomic E-state index is -0.879. The lowest BCUT2D eigenvalue weighted by atomic mass is 10.2. The molecule has 0 heterocycles. The van der Waals surface area contributed by atoms with Crippen molar-refractivity contribution in [3.05, 3.63) is 71.8 Å². The molecule has 0 amide bonds. The summed E-state index contributed by atoms with van der Waals surface area (Å²) in [5.74, 6) is -1.76. The quantitative estimate of drug-likeness (QED) is 0.835. The number of carboxylic acids is 2. The first-order chi connectivity index (χ1) is 11.0. The average Bonchev–Trinajstić information content (AvgIpc) is 2.58. The molecule has 0 aliphatic carbocycles. The fourth-order valence-electron chi connectivity index (χ4n) is 1.52. The summed E-state index contributed by atoms with van der Waals surface area (Å²) < 4.78 is 0. The molecule has 0 unspecified atom stereocenters. The van der Waals surface area contributed by atoms with Gasteiger partial charge in [0, 0.05) is 0 Å². The van der Waals surface area contributed by atoms with Crippen molar-refractivity contribution in [3.8, 4) is 0 Å². The van der Waals surface area contributed by atoms with Gasteiger partial charge in [0.2, 0.25) is 0 Å². The summed E-state index contributed by atoms with van der Waals surface area (Å²) in [6, 6.07) is 16.6. The molecule has 0 aliphatic heterocycles. The number of hydrogen-bond acceptors (Lipinski definition) is 2. The molecular formula is C19H24O4. The molecule has 0 radical (unpaired) electrons. The van der Waals surface area contributed by atoms with E-state index in [2.05, 4.69) is 13.8 Å². The highest BCUT2D eigenvalue weighted by atomic mass is 16.4. The van der Waals surface area contributed by atoms with Gasteiger partial charge in [0.05, 0.1) is 11.1 Å². The van der Waals surface area contributed by atoms with Gasteiger partial charge >= 0.3 is 11.9 Å². The number of unbranched alkanes of at least 4 members (excludes halogenated alkanes) is 2. The normalized spacial score (nSPS) is 8.78. The zero-order chi connectivity index (χ0) is 17.5. The summed E-state index contributed by atoms with van der Waals surface area (Å²) in [5, 5.41) is 16.8.